The van der Waals surface area contributed by atoms with Gasteiger partial charge in [0, 0.05) is 37.3 Å². The van der Waals surface area contributed by atoms with E-state index in [0.29, 0.717) is 23.3 Å². The first-order chi connectivity index (χ1) is 12.7. The van der Waals surface area contributed by atoms with Gasteiger partial charge >= 0.3 is 0 Å². The number of rotatable bonds is 5. The van der Waals surface area contributed by atoms with E-state index in [-0.39, 0.29) is 11.9 Å². The first-order valence-corrected chi connectivity index (χ1v) is 9.02. The zero-order chi connectivity index (χ0) is 17.9. The monoisotopic (exact) mass is 353 g/mol. The van der Waals surface area contributed by atoms with Crippen LogP contribution in [-0.4, -0.2) is 53.7 Å². The Labute approximate surface area is 152 Å². The standard InChI is InChI=1S/C19H23N5O2/c1-24-11-10-20-12-16(24)18-22-17(26-23-18)9-4-13-2-5-14(6-3-13)19(25)21-15-7-8-15/h2-6,9,15-16,20H,7-8,10-12H2,1H3,(H,21,25)/b9-4+. The Hall–Kier alpha value is -2.51. The minimum absolute atomic E-state index is 0.00483. The Bertz CT molecular complexity index is 795. The number of carbonyl (C=O) groups excluding carboxylic acids is 1. The van der Waals surface area contributed by atoms with Crippen molar-refractivity contribution < 1.29 is 9.32 Å². The maximum atomic E-state index is 12.0. The largest absolute Gasteiger partial charge is 0.349 e. The molecule has 7 nitrogen and oxygen atoms in total. The molecule has 2 N–H and O–H groups in total. The maximum Gasteiger partial charge on any atom is 0.251 e. The smallest absolute Gasteiger partial charge is 0.251 e. The number of aromatic nitrogens is 2. The molecule has 1 saturated carbocycles. The van der Waals surface area contributed by atoms with Crippen LogP contribution in [0.1, 0.15) is 46.5 Å². The maximum absolute atomic E-state index is 12.0. The fourth-order valence-electron chi connectivity index (χ4n) is 2.95. The normalized spacial score (nSPS) is 21.2. The Balaban J connectivity index is 1.39. The minimum atomic E-state index is -0.00483. The van der Waals surface area contributed by atoms with E-state index in [2.05, 4.69) is 32.7 Å². The molecule has 2 aliphatic rings. The number of amides is 1. The van der Waals surface area contributed by atoms with Gasteiger partial charge in [-0.15, -0.1) is 0 Å². The molecular formula is C19H23N5O2. The van der Waals surface area contributed by atoms with Gasteiger partial charge in [-0.25, -0.2) is 0 Å². The fraction of sp³-hybridized carbons (Fsp3) is 0.421. The van der Waals surface area contributed by atoms with E-state index in [0.717, 1.165) is 38.0 Å². The molecule has 7 heteroatoms. The summed E-state index contributed by atoms with van der Waals surface area (Å²) in [5.74, 6) is 1.18. The van der Waals surface area contributed by atoms with Crippen molar-refractivity contribution in [3.05, 3.63) is 47.1 Å². The molecule has 2 aromatic rings. The highest BCUT2D eigenvalue weighted by molar-refractivity contribution is 5.94. The zero-order valence-corrected chi connectivity index (χ0v) is 14.8. The number of nitrogens with zero attached hydrogens (tertiary/aromatic N) is 3. The van der Waals surface area contributed by atoms with E-state index in [1.54, 1.807) is 6.08 Å². The van der Waals surface area contributed by atoms with Crippen molar-refractivity contribution in [2.24, 2.45) is 0 Å². The highest BCUT2D eigenvalue weighted by Crippen LogP contribution is 2.20. The molecule has 2 heterocycles. The van der Waals surface area contributed by atoms with Gasteiger partial charge in [0.15, 0.2) is 5.82 Å². The van der Waals surface area contributed by atoms with Crippen LogP contribution in [-0.2, 0) is 0 Å². The molecule has 0 radical (unpaired) electrons. The quantitative estimate of drug-likeness (QED) is 0.851. The van der Waals surface area contributed by atoms with Crippen molar-refractivity contribution in [2.75, 3.05) is 26.7 Å². The van der Waals surface area contributed by atoms with Crippen LogP contribution in [0.25, 0.3) is 12.2 Å². The van der Waals surface area contributed by atoms with Gasteiger partial charge in [0.05, 0.1) is 6.04 Å². The Kier molecular flexibility index (Phi) is 4.81. The highest BCUT2D eigenvalue weighted by Gasteiger charge is 2.25. The molecule has 136 valence electrons. The van der Waals surface area contributed by atoms with Gasteiger partial charge in [0.2, 0.25) is 0 Å². The molecule has 0 bridgehead atoms. The Morgan fingerprint density at radius 1 is 1.31 bits per heavy atom. The van der Waals surface area contributed by atoms with Gasteiger partial charge in [0.1, 0.15) is 0 Å². The first kappa shape index (κ1) is 16.9. The second-order valence-corrected chi connectivity index (χ2v) is 6.89. The number of hydrogen-bond donors (Lipinski definition) is 2. The summed E-state index contributed by atoms with van der Waals surface area (Å²) >= 11 is 0. The lowest BCUT2D eigenvalue weighted by Crippen LogP contribution is -2.44. The van der Waals surface area contributed by atoms with Crippen molar-refractivity contribution in [3.63, 3.8) is 0 Å². The Morgan fingerprint density at radius 2 is 2.12 bits per heavy atom. The molecule has 1 atom stereocenters. The van der Waals surface area contributed by atoms with Crippen LogP contribution in [0.15, 0.2) is 28.8 Å². The predicted octanol–water partition coefficient (Wildman–Crippen LogP) is 1.71. The summed E-state index contributed by atoms with van der Waals surface area (Å²) < 4.78 is 5.33. The van der Waals surface area contributed by atoms with Crippen LogP contribution in [0, 0.1) is 0 Å². The topological polar surface area (TPSA) is 83.3 Å². The first-order valence-electron chi connectivity index (χ1n) is 9.02. The third-order valence-electron chi connectivity index (χ3n) is 4.77. The number of likely N-dealkylation sites (N-methyl/N-ethyl adjacent to an activating group) is 1. The molecule has 1 amide bonds. The van der Waals surface area contributed by atoms with Gasteiger partial charge in [-0.2, -0.15) is 4.98 Å². The summed E-state index contributed by atoms with van der Waals surface area (Å²) in [7, 11) is 2.07. The SMILES string of the molecule is CN1CCNCC1c1noc(/C=C/c2ccc(C(=O)NC3CC3)cc2)n1. The summed E-state index contributed by atoms with van der Waals surface area (Å²) in [6.45, 7) is 2.76. The number of nitrogens with one attached hydrogen (secondary N) is 2. The molecule has 2 fully saturated rings. The minimum Gasteiger partial charge on any atom is -0.349 e. The van der Waals surface area contributed by atoms with Crippen LogP contribution in [0.5, 0.6) is 0 Å². The van der Waals surface area contributed by atoms with Gasteiger partial charge in [-0.3, -0.25) is 9.69 Å². The lowest BCUT2D eigenvalue weighted by atomic mass is 10.1. The van der Waals surface area contributed by atoms with E-state index in [1.807, 2.05) is 30.3 Å². The molecular weight excluding hydrogens is 330 g/mol. The predicted molar refractivity (Wildman–Crippen MR) is 98.4 cm³/mol. The van der Waals surface area contributed by atoms with Crippen molar-refractivity contribution in [1.29, 1.82) is 0 Å². The molecule has 1 aromatic carbocycles. The zero-order valence-electron chi connectivity index (χ0n) is 14.8. The van der Waals surface area contributed by atoms with Crippen LogP contribution in [0.3, 0.4) is 0 Å². The van der Waals surface area contributed by atoms with Crippen LogP contribution < -0.4 is 10.6 Å². The summed E-state index contributed by atoms with van der Waals surface area (Å²) in [5, 5.41) is 10.4. The third kappa shape index (κ3) is 4.00. The lowest BCUT2D eigenvalue weighted by molar-refractivity contribution is 0.0951. The van der Waals surface area contributed by atoms with Crippen molar-refractivity contribution in [3.8, 4) is 0 Å². The fourth-order valence-corrected chi connectivity index (χ4v) is 2.95. The summed E-state index contributed by atoms with van der Waals surface area (Å²) in [5.41, 5.74) is 1.66. The highest BCUT2D eigenvalue weighted by atomic mass is 16.5. The number of piperazine rings is 1. The Morgan fingerprint density at radius 3 is 2.85 bits per heavy atom. The number of carbonyl (C=O) groups is 1. The number of hydrogen-bond acceptors (Lipinski definition) is 6. The molecule has 1 aliphatic carbocycles. The van der Waals surface area contributed by atoms with Crippen molar-refractivity contribution >= 4 is 18.1 Å². The molecule has 4 rings (SSSR count). The molecule has 1 aromatic heterocycles. The molecule has 26 heavy (non-hydrogen) atoms. The lowest BCUT2D eigenvalue weighted by Gasteiger charge is -2.30. The van der Waals surface area contributed by atoms with Gasteiger partial charge in [-0.05, 0) is 43.7 Å². The average Bonchev–Trinajstić information content (AvgIpc) is 3.35. The van der Waals surface area contributed by atoms with E-state index in [1.165, 1.54) is 0 Å². The van der Waals surface area contributed by atoms with E-state index >= 15 is 0 Å². The molecule has 1 aliphatic heterocycles. The van der Waals surface area contributed by atoms with Crippen LogP contribution in [0.2, 0.25) is 0 Å². The molecule has 1 saturated heterocycles. The second kappa shape index (κ2) is 7.39. The van der Waals surface area contributed by atoms with Crippen LogP contribution >= 0.6 is 0 Å². The van der Waals surface area contributed by atoms with E-state index < -0.39 is 0 Å². The van der Waals surface area contributed by atoms with Crippen molar-refractivity contribution in [1.82, 2.24) is 25.7 Å². The van der Waals surface area contributed by atoms with Crippen LogP contribution in [0.4, 0.5) is 0 Å². The van der Waals surface area contributed by atoms with E-state index in [4.69, 9.17) is 4.52 Å². The average molecular weight is 353 g/mol. The molecule has 1 unspecified atom stereocenters. The summed E-state index contributed by atoms with van der Waals surface area (Å²) in [4.78, 5) is 18.7. The van der Waals surface area contributed by atoms with E-state index in [9.17, 15) is 4.79 Å². The van der Waals surface area contributed by atoms with Gasteiger partial charge in [-0.1, -0.05) is 17.3 Å². The van der Waals surface area contributed by atoms with Gasteiger partial charge in [0.25, 0.3) is 11.8 Å². The van der Waals surface area contributed by atoms with Gasteiger partial charge < -0.3 is 15.2 Å². The summed E-state index contributed by atoms with van der Waals surface area (Å²) in [6.07, 6.45) is 5.88. The summed E-state index contributed by atoms with van der Waals surface area (Å²) in [6, 6.07) is 7.99. The second-order valence-electron chi connectivity index (χ2n) is 6.89. The third-order valence-corrected chi connectivity index (χ3v) is 4.77. The van der Waals surface area contributed by atoms with Crippen molar-refractivity contribution in [2.45, 2.75) is 24.9 Å². The molecule has 0 spiro atoms. The number of benzene rings is 1.